The fraction of sp³-hybridized carbons (Fsp3) is 0.750. The van der Waals surface area contributed by atoms with Gasteiger partial charge >= 0.3 is 0 Å². The van der Waals surface area contributed by atoms with Crippen LogP contribution in [0.15, 0.2) is 12.5 Å². The van der Waals surface area contributed by atoms with Gasteiger partial charge in [0.2, 0.25) is 0 Å². The Morgan fingerprint density at radius 3 is 2.73 bits per heavy atom. The van der Waals surface area contributed by atoms with Crippen molar-refractivity contribution >= 4 is 0 Å². The van der Waals surface area contributed by atoms with Gasteiger partial charge in [0.1, 0.15) is 0 Å². The molecule has 1 aliphatic rings. The third-order valence-electron chi connectivity index (χ3n) is 3.39. The molecular weight excluding hydrogens is 186 g/mol. The Morgan fingerprint density at radius 1 is 1.47 bits per heavy atom. The molecule has 3 unspecified atom stereocenters. The molecule has 0 saturated carbocycles. The molecule has 2 heterocycles. The highest BCUT2D eigenvalue weighted by Gasteiger charge is 2.31. The lowest BCUT2D eigenvalue weighted by molar-refractivity contribution is 0.510. The summed E-state index contributed by atoms with van der Waals surface area (Å²) in [5.74, 6) is 0.616. The van der Waals surface area contributed by atoms with Gasteiger partial charge in [-0.1, -0.05) is 0 Å². The Kier molecular flexibility index (Phi) is 2.83. The van der Waals surface area contributed by atoms with Gasteiger partial charge in [0.05, 0.1) is 6.33 Å². The van der Waals surface area contributed by atoms with Crippen molar-refractivity contribution in [3.63, 3.8) is 0 Å². The first-order valence-electron chi connectivity index (χ1n) is 5.87. The van der Waals surface area contributed by atoms with E-state index in [4.69, 9.17) is 0 Å². The Morgan fingerprint density at radius 2 is 2.20 bits per heavy atom. The van der Waals surface area contributed by atoms with Crippen LogP contribution in [0.3, 0.4) is 0 Å². The van der Waals surface area contributed by atoms with Gasteiger partial charge in [-0.3, -0.25) is 0 Å². The molecule has 1 N–H and O–H groups in total. The number of hydrogen-bond acceptors (Lipinski definition) is 2. The Balaban J connectivity index is 2.25. The van der Waals surface area contributed by atoms with Crippen molar-refractivity contribution < 1.29 is 0 Å². The fourth-order valence-corrected chi connectivity index (χ4v) is 2.63. The van der Waals surface area contributed by atoms with Crippen molar-refractivity contribution in [2.45, 2.75) is 58.2 Å². The summed E-state index contributed by atoms with van der Waals surface area (Å²) in [4.78, 5) is 4.28. The van der Waals surface area contributed by atoms with Crippen LogP contribution in [0.5, 0.6) is 0 Å². The standard InChI is InChI=1S/C12H21N3/c1-8(2)15-7-13-6-12(15)11-5-9(3)14-10(11)4/h6-11,14H,5H2,1-4H3. The molecule has 1 fully saturated rings. The summed E-state index contributed by atoms with van der Waals surface area (Å²) in [6.45, 7) is 8.95. The van der Waals surface area contributed by atoms with Crippen LogP contribution >= 0.6 is 0 Å². The summed E-state index contributed by atoms with van der Waals surface area (Å²) < 4.78 is 2.29. The zero-order chi connectivity index (χ0) is 11.0. The van der Waals surface area contributed by atoms with E-state index in [9.17, 15) is 0 Å². The second-order valence-electron chi connectivity index (χ2n) is 5.02. The van der Waals surface area contributed by atoms with Crippen molar-refractivity contribution in [3.05, 3.63) is 18.2 Å². The van der Waals surface area contributed by atoms with E-state index in [1.807, 2.05) is 12.5 Å². The Labute approximate surface area is 91.9 Å². The highest BCUT2D eigenvalue weighted by atomic mass is 15.1. The molecule has 3 heteroatoms. The molecule has 0 radical (unpaired) electrons. The van der Waals surface area contributed by atoms with Crippen LogP contribution in [0.1, 0.15) is 51.8 Å². The molecule has 0 bridgehead atoms. The minimum Gasteiger partial charge on any atom is -0.332 e. The highest BCUT2D eigenvalue weighted by Crippen LogP contribution is 2.31. The van der Waals surface area contributed by atoms with E-state index in [1.165, 1.54) is 12.1 Å². The summed E-state index contributed by atoms with van der Waals surface area (Å²) in [5, 5.41) is 3.58. The van der Waals surface area contributed by atoms with E-state index < -0.39 is 0 Å². The molecule has 84 valence electrons. The summed E-state index contributed by atoms with van der Waals surface area (Å²) in [5.41, 5.74) is 1.38. The maximum atomic E-state index is 4.28. The molecule has 1 saturated heterocycles. The SMILES string of the molecule is CC1CC(c2cncn2C(C)C)C(C)N1. The summed E-state index contributed by atoms with van der Waals surface area (Å²) >= 11 is 0. The normalized spacial score (nSPS) is 31.4. The molecule has 0 amide bonds. The van der Waals surface area contributed by atoms with Crippen LogP contribution in [-0.2, 0) is 0 Å². The summed E-state index contributed by atoms with van der Waals surface area (Å²) in [6.07, 6.45) is 5.20. The smallest absolute Gasteiger partial charge is 0.0950 e. The van der Waals surface area contributed by atoms with Crippen molar-refractivity contribution in [1.29, 1.82) is 0 Å². The van der Waals surface area contributed by atoms with Gasteiger partial charge in [-0.15, -0.1) is 0 Å². The zero-order valence-corrected chi connectivity index (χ0v) is 10.1. The van der Waals surface area contributed by atoms with Crippen molar-refractivity contribution in [3.8, 4) is 0 Å². The van der Waals surface area contributed by atoms with Gasteiger partial charge in [0.15, 0.2) is 0 Å². The molecule has 0 spiro atoms. The molecule has 15 heavy (non-hydrogen) atoms. The number of hydrogen-bond donors (Lipinski definition) is 1. The molecule has 0 aliphatic carbocycles. The quantitative estimate of drug-likeness (QED) is 0.806. The lowest BCUT2D eigenvalue weighted by Crippen LogP contribution is -2.26. The van der Waals surface area contributed by atoms with Crippen molar-refractivity contribution in [1.82, 2.24) is 14.9 Å². The third-order valence-corrected chi connectivity index (χ3v) is 3.39. The van der Waals surface area contributed by atoms with Gasteiger partial charge in [-0.2, -0.15) is 0 Å². The summed E-state index contributed by atoms with van der Waals surface area (Å²) in [6, 6.07) is 1.69. The minimum absolute atomic E-state index is 0.505. The number of nitrogens with zero attached hydrogens (tertiary/aromatic N) is 2. The van der Waals surface area contributed by atoms with Crippen LogP contribution in [0.4, 0.5) is 0 Å². The fourth-order valence-electron chi connectivity index (χ4n) is 2.63. The van der Waals surface area contributed by atoms with E-state index in [-0.39, 0.29) is 0 Å². The average molecular weight is 207 g/mol. The van der Waals surface area contributed by atoms with Gasteiger partial charge in [-0.25, -0.2) is 4.98 Å². The van der Waals surface area contributed by atoms with E-state index in [1.54, 1.807) is 0 Å². The van der Waals surface area contributed by atoms with Crippen LogP contribution in [0.2, 0.25) is 0 Å². The van der Waals surface area contributed by atoms with Crippen LogP contribution in [0.25, 0.3) is 0 Å². The highest BCUT2D eigenvalue weighted by molar-refractivity contribution is 5.13. The van der Waals surface area contributed by atoms with Crippen LogP contribution in [0, 0.1) is 0 Å². The topological polar surface area (TPSA) is 29.9 Å². The average Bonchev–Trinajstić information content (AvgIpc) is 2.71. The van der Waals surface area contributed by atoms with E-state index >= 15 is 0 Å². The van der Waals surface area contributed by atoms with E-state index in [2.05, 4.69) is 42.6 Å². The largest absolute Gasteiger partial charge is 0.332 e. The summed E-state index contributed by atoms with van der Waals surface area (Å²) in [7, 11) is 0. The second kappa shape index (κ2) is 3.97. The van der Waals surface area contributed by atoms with Gasteiger partial charge in [0, 0.05) is 35.9 Å². The third kappa shape index (κ3) is 1.93. The number of aromatic nitrogens is 2. The maximum absolute atomic E-state index is 4.28. The van der Waals surface area contributed by atoms with Gasteiger partial charge < -0.3 is 9.88 Å². The van der Waals surface area contributed by atoms with E-state index in [0.717, 1.165) is 0 Å². The van der Waals surface area contributed by atoms with Crippen LogP contribution < -0.4 is 5.32 Å². The molecule has 2 rings (SSSR count). The Bertz CT molecular complexity index is 329. The number of rotatable bonds is 2. The molecule has 1 aromatic rings. The number of nitrogens with one attached hydrogen (secondary N) is 1. The lowest BCUT2D eigenvalue weighted by Gasteiger charge is -2.19. The molecule has 1 aromatic heterocycles. The molecule has 3 nitrogen and oxygen atoms in total. The van der Waals surface area contributed by atoms with Crippen molar-refractivity contribution in [2.24, 2.45) is 0 Å². The number of imidazole rings is 1. The second-order valence-corrected chi connectivity index (χ2v) is 5.02. The Hall–Kier alpha value is -0.830. The van der Waals surface area contributed by atoms with Gasteiger partial charge in [0.25, 0.3) is 0 Å². The monoisotopic (exact) mass is 207 g/mol. The first kappa shape index (κ1) is 10.7. The minimum atomic E-state index is 0.505. The first-order chi connectivity index (χ1) is 7.09. The maximum Gasteiger partial charge on any atom is 0.0950 e. The molecule has 3 atom stereocenters. The lowest BCUT2D eigenvalue weighted by atomic mass is 9.96. The van der Waals surface area contributed by atoms with Crippen molar-refractivity contribution in [2.75, 3.05) is 0 Å². The predicted octanol–water partition coefficient (Wildman–Crippen LogP) is 2.32. The first-order valence-corrected chi connectivity index (χ1v) is 5.87. The predicted molar refractivity (Wildman–Crippen MR) is 62.0 cm³/mol. The van der Waals surface area contributed by atoms with Crippen LogP contribution in [-0.4, -0.2) is 21.6 Å². The molecule has 0 aromatic carbocycles. The molecular formula is C12H21N3. The van der Waals surface area contributed by atoms with E-state index in [0.29, 0.717) is 24.0 Å². The molecule has 1 aliphatic heterocycles. The van der Waals surface area contributed by atoms with Gasteiger partial charge in [-0.05, 0) is 34.1 Å². The zero-order valence-electron chi connectivity index (χ0n) is 10.1.